The van der Waals surface area contributed by atoms with Crippen molar-refractivity contribution < 1.29 is 27.2 Å². The molecule has 33 heavy (non-hydrogen) atoms. The molecule has 1 amide bonds. The van der Waals surface area contributed by atoms with Crippen molar-refractivity contribution in [2.45, 2.75) is 11.8 Å². The molecule has 0 aliphatic carbocycles. The summed E-state index contributed by atoms with van der Waals surface area (Å²) in [5.41, 5.74) is 2.28. The van der Waals surface area contributed by atoms with Crippen molar-refractivity contribution in [1.82, 2.24) is 0 Å². The first kappa shape index (κ1) is 22.2. The molecule has 0 spiro atoms. The number of nitrogens with two attached hydrogens (primary N) is 1. The van der Waals surface area contributed by atoms with Crippen LogP contribution in [0.3, 0.4) is 0 Å². The molecule has 3 aromatic rings. The number of esters is 1. The van der Waals surface area contributed by atoms with E-state index >= 15 is 0 Å². The second-order valence-electron chi connectivity index (χ2n) is 7.17. The highest BCUT2D eigenvalue weighted by atomic mass is 32.2. The molecule has 1 aliphatic rings. The molecule has 2 heterocycles. The largest absolute Gasteiger partial charge is 0.465 e. The highest BCUT2D eigenvalue weighted by Crippen LogP contribution is 2.28. The number of furan rings is 1. The Morgan fingerprint density at radius 2 is 1.85 bits per heavy atom. The Balaban J connectivity index is 1.59. The summed E-state index contributed by atoms with van der Waals surface area (Å²) < 4.78 is 33.5. The van der Waals surface area contributed by atoms with Crippen LogP contribution in [-0.4, -0.2) is 33.1 Å². The number of hydrazone groups is 1. The average Bonchev–Trinajstić information content (AvgIpc) is 3.38. The van der Waals surface area contributed by atoms with Crippen molar-refractivity contribution in [3.05, 3.63) is 77.6 Å². The molecule has 4 rings (SSSR count). The summed E-state index contributed by atoms with van der Waals surface area (Å²) in [5, 5.41) is 10.6. The lowest BCUT2D eigenvalue weighted by Gasteiger charge is -2.11. The van der Waals surface area contributed by atoms with E-state index in [2.05, 4.69) is 5.10 Å². The quantitative estimate of drug-likeness (QED) is 0.455. The first-order chi connectivity index (χ1) is 15.7. The fourth-order valence-corrected chi connectivity index (χ4v) is 3.80. The van der Waals surface area contributed by atoms with E-state index in [1.165, 1.54) is 36.4 Å². The van der Waals surface area contributed by atoms with E-state index in [9.17, 15) is 18.0 Å². The van der Waals surface area contributed by atoms with Gasteiger partial charge in [-0.05, 0) is 61.5 Å². The summed E-state index contributed by atoms with van der Waals surface area (Å²) in [4.78, 5) is 24.6. The van der Waals surface area contributed by atoms with Crippen LogP contribution in [0.1, 0.15) is 23.0 Å². The molecule has 0 unspecified atom stereocenters. The zero-order chi connectivity index (χ0) is 23.8. The summed E-state index contributed by atoms with van der Waals surface area (Å²) in [7, 11) is -2.53. The van der Waals surface area contributed by atoms with Crippen molar-refractivity contribution in [2.24, 2.45) is 10.2 Å². The smallest absolute Gasteiger partial charge is 0.337 e. The molecule has 0 fully saturated rings. The normalized spacial score (nSPS) is 15.1. The lowest BCUT2D eigenvalue weighted by Crippen LogP contribution is -2.21. The predicted molar refractivity (Wildman–Crippen MR) is 122 cm³/mol. The van der Waals surface area contributed by atoms with Crippen LogP contribution in [0, 0.1) is 0 Å². The summed E-state index contributed by atoms with van der Waals surface area (Å²) in [6.07, 6.45) is 1.58. The Morgan fingerprint density at radius 1 is 1.12 bits per heavy atom. The van der Waals surface area contributed by atoms with Gasteiger partial charge in [0.1, 0.15) is 11.5 Å². The third-order valence-corrected chi connectivity index (χ3v) is 5.88. The SMILES string of the molecule is COC(=O)c1cccc(-c2ccc(C=C3C(=O)N(c4ccc(S(N)(=O)=O)cc4)N=C3C)o2)c1. The van der Waals surface area contributed by atoms with Crippen LogP contribution in [0.2, 0.25) is 0 Å². The maximum absolute atomic E-state index is 12.9. The van der Waals surface area contributed by atoms with Crippen LogP contribution in [0.25, 0.3) is 17.4 Å². The van der Waals surface area contributed by atoms with Gasteiger partial charge in [0.05, 0.1) is 34.5 Å². The fourth-order valence-electron chi connectivity index (χ4n) is 3.28. The second kappa shape index (κ2) is 8.49. The van der Waals surface area contributed by atoms with Crippen LogP contribution in [0.5, 0.6) is 0 Å². The molecule has 0 atom stereocenters. The molecular formula is C23H19N3O6S. The van der Waals surface area contributed by atoms with Crippen molar-refractivity contribution in [2.75, 3.05) is 12.1 Å². The molecule has 10 heteroatoms. The number of ether oxygens (including phenoxy) is 1. The molecule has 9 nitrogen and oxygen atoms in total. The number of hydrogen-bond acceptors (Lipinski definition) is 7. The number of carbonyl (C=O) groups excluding carboxylic acids is 2. The fraction of sp³-hybridized carbons (Fsp3) is 0.0870. The van der Waals surface area contributed by atoms with Gasteiger partial charge in [0.2, 0.25) is 10.0 Å². The van der Waals surface area contributed by atoms with E-state index < -0.39 is 16.0 Å². The standard InChI is InChI=1S/C23H19N3O6S/c1-14-20(22(27)26(25-14)17-6-9-19(10-7-17)33(24,29)30)13-18-8-11-21(32-18)15-4-3-5-16(12-15)23(28)31-2/h3-13H,1-2H3,(H2,24,29,30). The Bertz CT molecular complexity index is 1420. The van der Waals surface area contributed by atoms with Crippen molar-refractivity contribution >= 4 is 39.4 Å². The molecule has 0 bridgehead atoms. The van der Waals surface area contributed by atoms with Gasteiger partial charge in [0, 0.05) is 5.56 Å². The van der Waals surface area contributed by atoms with E-state index in [0.717, 1.165) is 0 Å². The molecule has 0 saturated heterocycles. The number of hydrogen-bond donors (Lipinski definition) is 1. The second-order valence-corrected chi connectivity index (χ2v) is 8.74. The summed E-state index contributed by atoms with van der Waals surface area (Å²) in [6, 6.07) is 15.8. The number of nitrogens with zero attached hydrogens (tertiary/aromatic N) is 2. The maximum atomic E-state index is 12.9. The number of primary sulfonamides is 1. The van der Waals surface area contributed by atoms with Gasteiger partial charge in [0.25, 0.3) is 5.91 Å². The Morgan fingerprint density at radius 3 is 2.52 bits per heavy atom. The molecule has 1 aliphatic heterocycles. The van der Waals surface area contributed by atoms with Gasteiger partial charge in [-0.1, -0.05) is 12.1 Å². The van der Waals surface area contributed by atoms with Crippen molar-refractivity contribution in [3.63, 3.8) is 0 Å². The van der Waals surface area contributed by atoms with Gasteiger partial charge in [-0.3, -0.25) is 4.79 Å². The van der Waals surface area contributed by atoms with Crippen molar-refractivity contribution in [3.8, 4) is 11.3 Å². The van der Waals surface area contributed by atoms with E-state index in [1.54, 1.807) is 49.4 Å². The number of carbonyl (C=O) groups is 2. The third-order valence-electron chi connectivity index (χ3n) is 4.95. The monoisotopic (exact) mass is 465 g/mol. The van der Waals surface area contributed by atoms with Gasteiger partial charge in [-0.15, -0.1) is 0 Å². The third kappa shape index (κ3) is 4.47. The zero-order valence-electron chi connectivity index (χ0n) is 17.7. The average molecular weight is 465 g/mol. The molecule has 0 saturated carbocycles. The number of anilines is 1. The van der Waals surface area contributed by atoms with E-state index in [0.29, 0.717) is 39.6 Å². The molecule has 0 radical (unpaired) electrons. The van der Waals surface area contributed by atoms with Gasteiger partial charge in [-0.2, -0.15) is 10.1 Å². The number of sulfonamides is 1. The Labute approximate surface area is 189 Å². The van der Waals surface area contributed by atoms with Gasteiger partial charge in [0.15, 0.2) is 0 Å². The highest BCUT2D eigenvalue weighted by Gasteiger charge is 2.29. The predicted octanol–water partition coefficient (Wildman–Crippen LogP) is 3.19. The van der Waals surface area contributed by atoms with E-state index in [-0.39, 0.29) is 10.8 Å². The minimum absolute atomic E-state index is 0.0613. The lowest BCUT2D eigenvalue weighted by molar-refractivity contribution is -0.114. The summed E-state index contributed by atoms with van der Waals surface area (Å²) >= 11 is 0. The maximum Gasteiger partial charge on any atom is 0.337 e. The Kier molecular flexibility index (Phi) is 5.71. The zero-order valence-corrected chi connectivity index (χ0v) is 18.5. The van der Waals surface area contributed by atoms with Gasteiger partial charge < -0.3 is 9.15 Å². The lowest BCUT2D eigenvalue weighted by atomic mass is 10.1. The van der Waals surface area contributed by atoms with Gasteiger partial charge in [-0.25, -0.2) is 18.4 Å². The van der Waals surface area contributed by atoms with E-state index in [1.807, 2.05) is 0 Å². The molecule has 1 aromatic heterocycles. The highest BCUT2D eigenvalue weighted by molar-refractivity contribution is 7.89. The van der Waals surface area contributed by atoms with Crippen LogP contribution in [0.4, 0.5) is 5.69 Å². The number of methoxy groups -OCH3 is 1. The number of rotatable bonds is 5. The van der Waals surface area contributed by atoms with Crippen molar-refractivity contribution in [1.29, 1.82) is 0 Å². The molecule has 168 valence electrons. The van der Waals surface area contributed by atoms with Crippen LogP contribution < -0.4 is 10.1 Å². The van der Waals surface area contributed by atoms with E-state index in [4.69, 9.17) is 14.3 Å². The Hall–Kier alpha value is -4.02. The minimum atomic E-state index is -3.84. The number of benzene rings is 2. The van der Waals surface area contributed by atoms with Crippen LogP contribution >= 0.6 is 0 Å². The van der Waals surface area contributed by atoms with Crippen LogP contribution in [0.15, 0.2) is 80.7 Å². The van der Waals surface area contributed by atoms with Gasteiger partial charge >= 0.3 is 5.97 Å². The summed E-state index contributed by atoms with van der Waals surface area (Å²) in [5.74, 6) is 0.105. The molecule has 2 N–H and O–H groups in total. The molecule has 2 aromatic carbocycles. The minimum Gasteiger partial charge on any atom is -0.465 e. The van der Waals surface area contributed by atoms with Crippen LogP contribution in [-0.2, 0) is 19.6 Å². The number of amides is 1. The topological polar surface area (TPSA) is 132 Å². The summed E-state index contributed by atoms with van der Waals surface area (Å²) in [6.45, 7) is 1.69. The molecular weight excluding hydrogens is 446 g/mol. The first-order valence-corrected chi connectivity index (χ1v) is 11.2. The first-order valence-electron chi connectivity index (χ1n) is 9.70.